The van der Waals surface area contributed by atoms with Crippen molar-refractivity contribution >= 4 is 29.3 Å². The van der Waals surface area contributed by atoms with Crippen LogP contribution in [-0.4, -0.2) is 29.3 Å². The zero-order valence-corrected chi connectivity index (χ0v) is 22.0. The van der Waals surface area contributed by atoms with E-state index in [1.807, 2.05) is 6.92 Å². The van der Waals surface area contributed by atoms with E-state index in [0.717, 1.165) is 32.1 Å². The second-order valence-corrected chi connectivity index (χ2v) is 7.94. The van der Waals surface area contributed by atoms with Crippen LogP contribution in [0.4, 0.5) is 0 Å². The maximum absolute atomic E-state index is 10.2. The first-order valence-corrected chi connectivity index (χ1v) is 11.9. The molecule has 0 radical (unpaired) electrons. The second kappa shape index (κ2) is 29.0. The van der Waals surface area contributed by atoms with Crippen LogP contribution >= 0.6 is 0 Å². The van der Waals surface area contributed by atoms with E-state index in [9.17, 15) is 24.9 Å². The van der Waals surface area contributed by atoms with Crippen molar-refractivity contribution in [2.24, 2.45) is 11.8 Å². The summed E-state index contributed by atoms with van der Waals surface area (Å²) in [6, 6.07) is 0. The standard InChI is InChI=1S/2C10H20O2.C5H10O.Al/c2*1-3-5-6-9(4-2)7-8-10(11)12;1-3-4-5(2)6;/h2*9H,3-8H2,1-2H3,(H,11,12);6H,2-4H2,1H3;/q;;;+3/p-3. The van der Waals surface area contributed by atoms with E-state index in [0.29, 0.717) is 18.3 Å². The number of rotatable bonds is 16. The van der Waals surface area contributed by atoms with Gasteiger partial charge in [-0.15, -0.1) is 12.3 Å². The molecule has 0 aliphatic heterocycles. The van der Waals surface area contributed by atoms with Gasteiger partial charge in [0.05, 0.1) is 0 Å². The summed E-state index contributed by atoms with van der Waals surface area (Å²) < 4.78 is 0. The van der Waals surface area contributed by atoms with Crippen LogP contribution in [0.5, 0.6) is 0 Å². The number of carbonyl (C=O) groups is 2. The summed E-state index contributed by atoms with van der Waals surface area (Å²) in [5.41, 5.74) is 0. The van der Waals surface area contributed by atoms with Crippen LogP contribution in [0.1, 0.15) is 125 Å². The molecule has 0 amide bonds. The molecular weight excluding hydrogens is 407 g/mol. The van der Waals surface area contributed by atoms with Crippen molar-refractivity contribution in [3.8, 4) is 0 Å². The molecule has 2 atom stereocenters. The Balaban J connectivity index is -0.000000183. The SMILES string of the molecule is C=C([O-])CCC.CCCCC(CC)CCC(=O)[O-].CCCCC(CC)CCC(=O)[O-].[Al+3]. The quantitative estimate of drug-likeness (QED) is 0.261. The van der Waals surface area contributed by atoms with Gasteiger partial charge in [-0.25, -0.2) is 0 Å². The van der Waals surface area contributed by atoms with Gasteiger partial charge in [-0.05, 0) is 43.9 Å². The van der Waals surface area contributed by atoms with E-state index in [1.165, 1.54) is 38.5 Å². The summed E-state index contributed by atoms with van der Waals surface area (Å²) in [5, 5.41) is 30.3. The summed E-state index contributed by atoms with van der Waals surface area (Å²) in [6.45, 7) is 13.7. The van der Waals surface area contributed by atoms with Gasteiger partial charge in [-0.2, -0.15) is 0 Å². The van der Waals surface area contributed by atoms with Crippen LogP contribution in [0.25, 0.3) is 0 Å². The average molecular weight is 455 g/mol. The molecule has 0 heterocycles. The molecule has 0 saturated carbocycles. The Bertz CT molecular complexity index is 383. The number of carboxylic acid groups (broad SMARTS) is 2. The Hall–Kier alpha value is -0.988. The Morgan fingerprint density at radius 3 is 1.16 bits per heavy atom. The molecule has 0 aliphatic carbocycles. The summed E-state index contributed by atoms with van der Waals surface area (Å²) in [4.78, 5) is 20.4. The van der Waals surface area contributed by atoms with Gasteiger partial charge < -0.3 is 24.9 Å². The van der Waals surface area contributed by atoms with Crippen molar-refractivity contribution in [3.05, 3.63) is 12.3 Å². The zero-order chi connectivity index (χ0) is 23.8. The molecule has 6 heteroatoms. The van der Waals surface area contributed by atoms with Gasteiger partial charge in [0.15, 0.2) is 0 Å². The minimum absolute atomic E-state index is 0. The van der Waals surface area contributed by atoms with Crippen LogP contribution in [0.15, 0.2) is 12.3 Å². The third-order valence-corrected chi connectivity index (χ3v) is 5.13. The summed E-state index contributed by atoms with van der Waals surface area (Å²) in [7, 11) is 0. The van der Waals surface area contributed by atoms with E-state index in [2.05, 4.69) is 34.3 Å². The molecule has 0 saturated heterocycles. The van der Waals surface area contributed by atoms with Crippen LogP contribution < -0.4 is 15.3 Å². The van der Waals surface area contributed by atoms with Crippen LogP contribution in [0, 0.1) is 11.8 Å². The third kappa shape index (κ3) is 36.7. The number of allylic oxidation sites excluding steroid dienone is 1. The Morgan fingerprint density at radius 2 is 1.00 bits per heavy atom. The second-order valence-electron chi connectivity index (χ2n) is 7.94. The smallest absolute Gasteiger partial charge is 0.876 e. The molecular formula is C25H47AlO5. The fraction of sp³-hybridized carbons (Fsp3) is 0.840. The number of aliphatic carboxylic acids is 2. The van der Waals surface area contributed by atoms with Crippen LogP contribution in [0.3, 0.4) is 0 Å². The maximum atomic E-state index is 10.2. The van der Waals surface area contributed by atoms with Crippen molar-refractivity contribution in [1.29, 1.82) is 0 Å². The number of carbonyl (C=O) groups excluding carboxylic acids is 2. The first-order chi connectivity index (χ1) is 14.2. The fourth-order valence-corrected chi connectivity index (χ4v) is 3.01. The van der Waals surface area contributed by atoms with Crippen molar-refractivity contribution in [3.63, 3.8) is 0 Å². The van der Waals surface area contributed by atoms with Gasteiger partial charge in [0.2, 0.25) is 0 Å². The molecule has 0 rings (SSSR count). The van der Waals surface area contributed by atoms with Crippen molar-refractivity contribution in [2.45, 2.75) is 125 Å². The number of carboxylic acids is 2. The molecule has 0 N–H and O–H groups in total. The Morgan fingerprint density at radius 1 is 0.645 bits per heavy atom. The molecule has 180 valence electrons. The van der Waals surface area contributed by atoms with E-state index in [1.54, 1.807) is 0 Å². The number of hydrogen-bond donors (Lipinski definition) is 0. The first-order valence-electron chi connectivity index (χ1n) is 11.9. The summed E-state index contributed by atoms with van der Waals surface area (Å²) in [5.74, 6) is -0.613. The van der Waals surface area contributed by atoms with E-state index in [4.69, 9.17) is 0 Å². The minimum Gasteiger partial charge on any atom is -0.876 e. The van der Waals surface area contributed by atoms with Crippen molar-refractivity contribution < 1.29 is 24.9 Å². The summed E-state index contributed by atoms with van der Waals surface area (Å²) in [6.07, 6.45) is 12.9. The molecule has 0 aromatic heterocycles. The molecule has 0 bridgehead atoms. The van der Waals surface area contributed by atoms with Gasteiger partial charge in [0.1, 0.15) is 0 Å². The third-order valence-electron chi connectivity index (χ3n) is 5.13. The molecule has 0 spiro atoms. The van der Waals surface area contributed by atoms with Gasteiger partial charge in [-0.1, -0.05) is 92.4 Å². The van der Waals surface area contributed by atoms with Crippen molar-refractivity contribution in [2.75, 3.05) is 0 Å². The van der Waals surface area contributed by atoms with Gasteiger partial charge in [0.25, 0.3) is 0 Å². The van der Waals surface area contributed by atoms with Crippen LogP contribution in [-0.2, 0) is 9.59 Å². The predicted molar refractivity (Wildman–Crippen MR) is 125 cm³/mol. The molecule has 0 aromatic rings. The topological polar surface area (TPSA) is 103 Å². The molecule has 0 aliphatic rings. The largest absolute Gasteiger partial charge is 3.00 e. The van der Waals surface area contributed by atoms with Crippen molar-refractivity contribution in [1.82, 2.24) is 0 Å². The average Bonchev–Trinajstić information content (AvgIpc) is 2.69. The van der Waals surface area contributed by atoms with Gasteiger partial charge >= 0.3 is 17.4 Å². The summed E-state index contributed by atoms with van der Waals surface area (Å²) >= 11 is 0. The molecule has 0 fully saturated rings. The molecule has 0 aromatic carbocycles. The van der Waals surface area contributed by atoms with Gasteiger partial charge in [-0.3, -0.25) is 0 Å². The predicted octanol–water partition coefficient (Wildman–Crippen LogP) is 3.75. The van der Waals surface area contributed by atoms with Crippen LogP contribution in [0.2, 0.25) is 0 Å². The first kappa shape index (κ1) is 37.3. The molecule has 5 nitrogen and oxygen atoms in total. The zero-order valence-electron chi connectivity index (χ0n) is 20.9. The maximum Gasteiger partial charge on any atom is 3.00 e. The normalized spacial score (nSPS) is 11.5. The van der Waals surface area contributed by atoms with E-state index in [-0.39, 0.29) is 36.0 Å². The minimum atomic E-state index is -0.912. The Kier molecular flexibility index (Phi) is 34.9. The molecule has 31 heavy (non-hydrogen) atoms. The fourth-order valence-electron chi connectivity index (χ4n) is 3.01. The molecule has 2 unspecified atom stereocenters. The van der Waals surface area contributed by atoms with Gasteiger partial charge in [0, 0.05) is 11.9 Å². The monoisotopic (exact) mass is 454 g/mol. The van der Waals surface area contributed by atoms with E-state index < -0.39 is 11.9 Å². The van der Waals surface area contributed by atoms with E-state index >= 15 is 0 Å². The number of unbranched alkanes of at least 4 members (excludes halogenated alkanes) is 2. The Labute approximate surface area is 202 Å². The number of hydrogen-bond acceptors (Lipinski definition) is 5.